The van der Waals surface area contributed by atoms with Crippen molar-refractivity contribution in [3.8, 4) is 11.1 Å². The van der Waals surface area contributed by atoms with Gasteiger partial charge in [0.15, 0.2) is 0 Å². The van der Waals surface area contributed by atoms with Gasteiger partial charge in [0, 0.05) is 23.2 Å². The number of aryl methyl sites for hydroxylation is 1. The van der Waals surface area contributed by atoms with E-state index in [9.17, 15) is 0 Å². The quantitative estimate of drug-likeness (QED) is 0.843. The fourth-order valence-electron chi connectivity index (χ4n) is 2.08. The lowest BCUT2D eigenvalue weighted by Gasteiger charge is -2.12. The van der Waals surface area contributed by atoms with Crippen LogP contribution in [-0.4, -0.2) is 6.04 Å². The van der Waals surface area contributed by atoms with E-state index >= 15 is 0 Å². The summed E-state index contributed by atoms with van der Waals surface area (Å²) < 4.78 is 0. The van der Waals surface area contributed by atoms with Crippen molar-refractivity contribution in [1.82, 2.24) is 5.32 Å². The second-order valence-corrected chi connectivity index (χ2v) is 5.57. The van der Waals surface area contributed by atoms with Crippen LogP contribution in [0.5, 0.6) is 0 Å². The molecule has 0 radical (unpaired) electrons. The van der Waals surface area contributed by atoms with Gasteiger partial charge < -0.3 is 5.32 Å². The molecule has 0 saturated carbocycles. The Labute approximate surface area is 120 Å². The SMILES string of the molecule is Cc1ccccc1-c1ccc(CNC(C)C)cc1Cl. The molecule has 0 aliphatic carbocycles. The normalized spacial score (nSPS) is 11.0. The van der Waals surface area contributed by atoms with Gasteiger partial charge in [0.25, 0.3) is 0 Å². The number of benzene rings is 2. The molecule has 0 aliphatic rings. The van der Waals surface area contributed by atoms with Crippen LogP contribution in [-0.2, 0) is 6.54 Å². The number of rotatable bonds is 4. The van der Waals surface area contributed by atoms with Gasteiger partial charge in [-0.05, 0) is 29.7 Å². The van der Waals surface area contributed by atoms with Gasteiger partial charge in [-0.3, -0.25) is 0 Å². The van der Waals surface area contributed by atoms with Crippen molar-refractivity contribution in [3.63, 3.8) is 0 Å². The van der Waals surface area contributed by atoms with Crippen molar-refractivity contribution in [3.05, 3.63) is 58.6 Å². The van der Waals surface area contributed by atoms with Crippen LogP contribution in [0.3, 0.4) is 0 Å². The summed E-state index contributed by atoms with van der Waals surface area (Å²) in [4.78, 5) is 0. The number of nitrogens with one attached hydrogen (secondary N) is 1. The van der Waals surface area contributed by atoms with Crippen molar-refractivity contribution in [1.29, 1.82) is 0 Å². The maximum absolute atomic E-state index is 6.42. The highest BCUT2D eigenvalue weighted by Gasteiger charge is 2.07. The Morgan fingerprint density at radius 3 is 2.42 bits per heavy atom. The predicted octanol–water partition coefficient (Wildman–Crippen LogP) is 4.81. The minimum absolute atomic E-state index is 0.481. The molecular weight excluding hydrogens is 254 g/mol. The van der Waals surface area contributed by atoms with E-state index in [2.05, 4.69) is 56.4 Å². The zero-order valence-corrected chi connectivity index (χ0v) is 12.5. The van der Waals surface area contributed by atoms with Gasteiger partial charge in [-0.25, -0.2) is 0 Å². The average molecular weight is 274 g/mol. The molecule has 1 nitrogen and oxygen atoms in total. The van der Waals surface area contributed by atoms with E-state index in [4.69, 9.17) is 11.6 Å². The highest BCUT2D eigenvalue weighted by atomic mass is 35.5. The fourth-order valence-corrected chi connectivity index (χ4v) is 2.39. The van der Waals surface area contributed by atoms with E-state index in [0.717, 1.165) is 17.1 Å². The minimum Gasteiger partial charge on any atom is -0.310 e. The lowest BCUT2D eigenvalue weighted by molar-refractivity contribution is 0.589. The lowest BCUT2D eigenvalue weighted by atomic mass is 9.99. The Morgan fingerprint density at radius 2 is 1.79 bits per heavy atom. The van der Waals surface area contributed by atoms with Gasteiger partial charge in [-0.15, -0.1) is 0 Å². The summed E-state index contributed by atoms with van der Waals surface area (Å²) in [5.41, 5.74) is 4.78. The van der Waals surface area contributed by atoms with Crippen LogP contribution in [0.4, 0.5) is 0 Å². The van der Waals surface area contributed by atoms with Gasteiger partial charge in [0.2, 0.25) is 0 Å². The summed E-state index contributed by atoms with van der Waals surface area (Å²) in [6.45, 7) is 7.25. The van der Waals surface area contributed by atoms with Crippen molar-refractivity contribution < 1.29 is 0 Å². The largest absolute Gasteiger partial charge is 0.310 e. The summed E-state index contributed by atoms with van der Waals surface area (Å²) in [5, 5.41) is 4.22. The molecule has 0 heterocycles. The Morgan fingerprint density at radius 1 is 1.05 bits per heavy atom. The predicted molar refractivity (Wildman–Crippen MR) is 83.6 cm³/mol. The first-order chi connectivity index (χ1) is 9.08. The van der Waals surface area contributed by atoms with Crippen LogP contribution in [0.25, 0.3) is 11.1 Å². The zero-order valence-electron chi connectivity index (χ0n) is 11.7. The molecule has 0 aromatic heterocycles. The Hall–Kier alpha value is -1.31. The van der Waals surface area contributed by atoms with Gasteiger partial charge in [-0.2, -0.15) is 0 Å². The monoisotopic (exact) mass is 273 g/mol. The van der Waals surface area contributed by atoms with Crippen LogP contribution in [0, 0.1) is 6.92 Å². The van der Waals surface area contributed by atoms with Crippen LogP contribution in [0.15, 0.2) is 42.5 Å². The van der Waals surface area contributed by atoms with E-state index in [1.54, 1.807) is 0 Å². The molecule has 19 heavy (non-hydrogen) atoms. The molecule has 0 saturated heterocycles. The first-order valence-electron chi connectivity index (χ1n) is 6.65. The number of hydrogen-bond acceptors (Lipinski definition) is 1. The lowest BCUT2D eigenvalue weighted by Crippen LogP contribution is -2.21. The molecule has 0 bridgehead atoms. The molecule has 0 spiro atoms. The third-order valence-corrected chi connectivity index (χ3v) is 3.50. The van der Waals surface area contributed by atoms with Crippen molar-refractivity contribution >= 4 is 11.6 Å². The first kappa shape index (κ1) is 14.1. The van der Waals surface area contributed by atoms with Gasteiger partial charge in [0.1, 0.15) is 0 Å². The average Bonchev–Trinajstić information content (AvgIpc) is 2.38. The molecule has 2 rings (SSSR count). The standard InChI is InChI=1S/C17H20ClN/c1-12(2)19-11-14-8-9-16(17(18)10-14)15-7-5-4-6-13(15)3/h4-10,12,19H,11H2,1-3H3. The molecule has 0 atom stereocenters. The molecule has 2 aromatic rings. The molecule has 1 N–H and O–H groups in total. The molecule has 0 amide bonds. The van der Waals surface area contributed by atoms with Gasteiger partial charge in [0.05, 0.1) is 0 Å². The number of halogens is 1. The van der Waals surface area contributed by atoms with Gasteiger partial charge in [-0.1, -0.05) is 61.8 Å². The maximum atomic E-state index is 6.42. The molecule has 2 heteroatoms. The van der Waals surface area contributed by atoms with Crippen LogP contribution in [0.1, 0.15) is 25.0 Å². The highest BCUT2D eigenvalue weighted by Crippen LogP contribution is 2.30. The highest BCUT2D eigenvalue weighted by molar-refractivity contribution is 6.33. The second-order valence-electron chi connectivity index (χ2n) is 5.16. The van der Waals surface area contributed by atoms with Crippen LogP contribution < -0.4 is 5.32 Å². The Balaban J connectivity index is 2.27. The van der Waals surface area contributed by atoms with E-state index in [-0.39, 0.29) is 0 Å². The summed E-state index contributed by atoms with van der Waals surface area (Å²) in [5.74, 6) is 0. The van der Waals surface area contributed by atoms with E-state index in [1.807, 2.05) is 12.1 Å². The molecule has 0 fully saturated rings. The molecule has 2 aromatic carbocycles. The summed E-state index contributed by atoms with van der Waals surface area (Å²) in [6, 6.07) is 15.1. The van der Waals surface area contributed by atoms with E-state index < -0.39 is 0 Å². The third-order valence-electron chi connectivity index (χ3n) is 3.18. The van der Waals surface area contributed by atoms with Crippen molar-refractivity contribution in [2.24, 2.45) is 0 Å². The fraction of sp³-hybridized carbons (Fsp3) is 0.294. The minimum atomic E-state index is 0.481. The van der Waals surface area contributed by atoms with Crippen molar-refractivity contribution in [2.45, 2.75) is 33.4 Å². The molecular formula is C17H20ClN. The smallest absolute Gasteiger partial charge is 0.0487 e. The summed E-state index contributed by atoms with van der Waals surface area (Å²) in [7, 11) is 0. The van der Waals surface area contributed by atoms with Crippen LogP contribution >= 0.6 is 11.6 Å². The Kier molecular flexibility index (Phi) is 4.62. The third kappa shape index (κ3) is 3.59. The van der Waals surface area contributed by atoms with Crippen molar-refractivity contribution in [2.75, 3.05) is 0 Å². The van der Waals surface area contributed by atoms with E-state index in [0.29, 0.717) is 6.04 Å². The second kappa shape index (κ2) is 6.23. The maximum Gasteiger partial charge on any atom is 0.0487 e. The first-order valence-corrected chi connectivity index (χ1v) is 7.03. The van der Waals surface area contributed by atoms with E-state index in [1.165, 1.54) is 16.7 Å². The molecule has 0 aliphatic heterocycles. The Bertz CT molecular complexity index is 561. The zero-order chi connectivity index (χ0) is 13.8. The van der Waals surface area contributed by atoms with Gasteiger partial charge >= 0.3 is 0 Å². The molecule has 0 unspecified atom stereocenters. The van der Waals surface area contributed by atoms with Crippen LogP contribution in [0.2, 0.25) is 5.02 Å². The summed E-state index contributed by atoms with van der Waals surface area (Å²) >= 11 is 6.42. The summed E-state index contributed by atoms with van der Waals surface area (Å²) in [6.07, 6.45) is 0. The molecule has 100 valence electrons. The number of hydrogen-bond donors (Lipinski definition) is 1. The topological polar surface area (TPSA) is 12.0 Å².